The number of hydrogen-bond acceptors (Lipinski definition) is 4. The second-order valence-corrected chi connectivity index (χ2v) is 5.63. The Bertz CT molecular complexity index is 776. The number of amides is 2. The molecule has 0 radical (unpaired) electrons. The van der Waals surface area contributed by atoms with Crippen LogP contribution in [0.25, 0.3) is 0 Å². The maximum absolute atomic E-state index is 12.0. The standard InChI is InChI=1S/C14H11Cl2N3O3S/c1-7-9(4-5-22-7)13(21)18-19-14(23)17-12(20)10-3-2-8(15)6-11(10)16/h2-6H,1H3,(H,18,21)(H2,17,19,20,23). The molecule has 0 aliphatic rings. The van der Waals surface area contributed by atoms with Crippen LogP contribution in [-0.4, -0.2) is 16.9 Å². The Labute approximate surface area is 147 Å². The maximum Gasteiger partial charge on any atom is 0.273 e. The number of hydrogen-bond donors (Lipinski definition) is 3. The van der Waals surface area contributed by atoms with Crippen LogP contribution in [0.3, 0.4) is 0 Å². The van der Waals surface area contributed by atoms with E-state index < -0.39 is 11.8 Å². The SMILES string of the molecule is Cc1occc1C(=O)NNC(=S)NC(=O)c1ccc(Cl)cc1Cl. The molecule has 0 aliphatic carbocycles. The average molecular weight is 372 g/mol. The molecule has 23 heavy (non-hydrogen) atoms. The Morgan fingerprint density at radius 2 is 1.83 bits per heavy atom. The summed E-state index contributed by atoms with van der Waals surface area (Å²) in [6, 6.07) is 5.96. The number of carbonyl (C=O) groups excluding carboxylic acids is 2. The lowest BCUT2D eigenvalue weighted by molar-refractivity contribution is 0.0933. The lowest BCUT2D eigenvalue weighted by atomic mass is 10.2. The van der Waals surface area contributed by atoms with Crippen molar-refractivity contribution in [2.75, 3.05) is 0 Å². The summed E-state index contributed by atoms with van der Waals surface area (Å²) in [5, 5.41) is 2.90. The predicted molar refractivity (Wildman–Crippen MR) is 90.6 cm³/mol. The van der Waals surface area contributed by atoms with Gasteiger partial charge in [0.05, 0.1) is 22.4 Å². The lowest BCUT2D eigenvalue weighted by Gasteiger charge is -2.11. The lowest BCUT2D eigenvalue weighted by Crippen LogP contribution is -2.48. The number of furan rings is 1. The minimum absolute atomic E-state index is 0.0875. The van der Waals surface area contributed by atoms with Crippen LogP contribution in [0.1, 0.15) is 26.5 Å². The van der Waals surface area contributed by atoms with E-state index in [9.17, 15) is 9.59 Å². The Morgan fingerprint density at radius 3 is 2.43 bits per heavy atom. The van der Waals surface area contributed by atoms with Gasteiger partial charge in [-0.1, -0.05) is 23.2 Å². The molecule has 0 aliphatic heterocycles. The van der Waals surface area contributed by atoms with Gasteiger partial charge in [-0.3, -0.25) is 25.8 Å². The smallest absolute Gasteiger partial charge is 0.273 e. The van der Waals surface area contributed by atoms with Crippen molar-refractivity contribution in [1.29, 1.82) is 0 Å². The van der Waals surface area contributed by atoms with Crippen molar-refractivity contribution < 1.29 is 14.0 Å². The van der Waals surface area contributed by atoms with Crippen molar-refractivity contribution in [2.24, 2.45) is 0 Å². The first kappa shape index (κ1) is 17.3. The summed E-state index contributed by atoms with van der Waals surface area (Å²) in [7, 11) is 0. The number of aryl methyl sites for hydroxylation is 1. The van der Waals surface area contributed by atoms with E-state index in [0.29, 0.717) is 16.3 Å². The number of carbonyl (C=O) groups is 2. The zero-order chi connectivity index (χ0) is 17.0. The molecule has 2 rings (SSSR count). The molecule has 120 valence electrons. The molecule has 0 bridgehead atoms. The first-order chi connectivity index (χ1) is 10.9. The third-order valence-electron chi connectivity index (χ3n) is 2.80. The average Bonchev–Trinajstić information content (AvgIpc) is 2.90. The normalized spacial score (nSPS) is 10.0. The number of halogens is 2. The fourth-order valence-corrected chi connectivity index (χ4v) is 2.31. The van der Waals surface area contributed by atoms with Gasteiger partial charge in [-0.2, -0.15) is 0 Å². The fraction of sp³-hybridized carbons (Fsp3) is 0.0714. The molecule has 2 aromatic rings. The number of benzene rings is 1. The van der Waals surface area contributed by atoms with Crippen LogP contribution in [-0.2, 0) is 0 Å². The molecule has 0 spiro atoms. The van der Waals surface area contributed by atoms with E-state index in [-0.39, 0.29) is 15.7 Å². The highest BCUT2D eigenvalue weighted by Gasteiger charge is 2.14. The fourth-order valence-electron chi connectivity index (χ4n) is 1.68. The summed E-state index contributed by atoms with van der Waals surface area (Å²) in [4.78, 5) is 23.9. The highest BCUT2D eigenvalue weighted by molar-refractivity contribution is 7.80. The molecule has 1 aromatic carbocycles. The second-order valence-electron chi connectivity index (χ2n) is 4.38. The number of thiocarbonyl (C=S) groups is 1. The molecule has 0 saturated heterocycles. The highest BCUT2D eigenvalue weighted by Crippen LogP contribution is 2.20. The van der Waals surface area contributed by atoms with E-state index in [0.717, 1.165) is 0 Å². The van der Waals surface area contributed by atoms with Gasteiger partial charge in [-0.15, -0.1) is 0 Å². The van der Waals surface area contributed by atoms with Crippen LogP contribution in [0.2, 0.25) is 10.0 Å². The molecular weight excluding hydrogens is 361 g/mol. The van der Waals surface area contributed by atoms with Crippen LogP contribution >= 0.6 is 35.4 Å². The van der Waals surface area contributed by atoms with Crippen LogP contribution in [0.5, 0.6) is 0 Å². The Kier molecular flexibility index (Phi) is 5.59. The van der Waals surface area contributed by atoms with Gasteiger partial charge in [0.15, 0.2) is 5.11 Å². The summed E-state index contributed by atoms with van der Waals surface area (Å²) in [6.45, 7) is 1.65. The van der Waals surface area contributed by atoms with Gasteiger partial charge in [0.2, 0.25) is 0 Å². The zero-order valence-corrected chi connectivity index (χ0v) is 14.1. The number of hydrazine groups is 1. The van der Waals surface area contributed by atoms with Crippen LogP contribution < -0.4 is 16.2 Å². The predicted octanol–water partition coefficient (Wildman–Crippen LogP) is 2.84. The van der Waals surface area contributed by atoms with E-state index in [1.807, 2.05) is 0 Å². The zero-order valence-electron chi connectivity index (χ0n) is 11.8. The van der Waals surface area contributed by atoms with Crippen LogP contribution in [0.4, 0.5) is 0 Å². The van der Waals surface area contributed by atoms with Crippen molar-refractivity contribution in [2.45, 2.75) is 6.92 Å². The molecule has 0 atom stereocenters. The molecule has 2 amide bonds. The molecule has 0 fully saturated rings. The van der Waals surface area contributed by atoms with Crippen LogP contribution in [0, 0.1) is 6.92 Å². The maximum atomic E-state index is 12.0. The summed E-state index contributed by atoms with van der Waals surface area (Å²) >= 11 is 16.6. The van der Waals surface area contributed by atoms with Crippen molar-refractivity contribution in [1.82, 2.24) is 16.2 Å². The second kappa shape index (κ2) is 7.45. The third kappa shape index (κ3) is 4.44. The quantitative estimate of drug-likeness (QED) is 0.558. The molecule has 6 nitrogen and oxygen atoms in total. The van der Waals surface area contributed by atoms with Gasteiger partial charge in [0.1, 0.15) is 5.76 Å². The Hall–Kier alpha value is -2.09. The van der Waals surface area contributed by atoms with Crippen molar-refractivity contribution >= 4 is 52.3 Å². The van der Waals surface area contributed by atoms with Crippen LogP contribution in [0.15, 0.2) is 34.9 Å². The first-order valence-corrected chi connectivity index (χ1v) is 7.45. The first-order valence-electron chi connectivity index (χ1n) is 6.29. The van der Waals surface area contributed by atoms with E-state index >= 15 is 0 Å². The van der Waals surface area contributed by atoms with Gasteiger partial charge >= 0.3 is 0 Å². The third-order valence-corrected chi connectivity index (χ3v) is 3.55. The summed E-state index contributed by atoms with van der Waals surface area (Å²) in [6.07, 6.45) is 1.40. The van der Waals surface area contributed by atoms with Gasteiger partial charge in [-0.25, -0.2) is 0 Å². The largest absolute Gasteiger partial charge is 0.469 e. The van der Waals surface area contributed by atoms with Crippen molar-refractivity contribution in [3.8, 4) is 0 Å². The van der Waals surface area contributed by atoms with Gasteiger partial charge in [0.25, 0.3) is 11.8 Å². The van der Waals surface area contributed by atoms with E-state index in [2.05, 4.69) is 16.2 Å². The summed E-state index contributed by atoms with van der Waals surface area (Å²) in [5.74, 6) is -0.512. The van der Waals surface area contributed by atoms with E-state index in [4.69, 9.17) is 39.8 Å². The molecule has 0 saturated carbocycles. The Morgan fingerprint density at radius 1 is 1.09 bits per heavy atom. The number of rotatable bonds is 2. The van der Waals surface area contributed by atoms with E-state index in [1.54, 1.807) is 6.92 Å². The summed E-state index contributed by atoms with van der Waals surface area (Å²) in [5.41, 5.74) is 5.33. The summed E-state index contributed by atoms with van der Waals surface area (Å²) < 4.78 is 5.02. The molecule has 3 N–H and O–H groups in total. The molecule has 1 aromatic heterocycles. The molecule has 0 unspecified atom stereocenters. The van der Waals surface area contributed by atoms with Crippen molar-refractivity contribution in [3.63, 3.8) is 0 Å². The molecular formula is C14H11Cl2N3O3S. The number of nitrogens with one attached hydrogen (secondary N) is 3. The minimum atomic E-state index is -0.530. The van der Waals surface area contributed by atoms with E-state index in [1.165, 1.54) is 30.5 Å². The molecule has 1 heterocycles. The Balaban J connectivity index is 1.91. The van der Waals surface area contributed by atoms with Gasteiger partial charge < -0.3 is 4.42 Å². The highest BCUT2D eigenvalue weighted by atomic mass is 35.5. The van der Waals surface area contributed by atoms with Gasteiger partial charge in [0, 0.05) is 5.02 Å². The topological polar surface area (TPSA) is 83.4 Å². The van der Waals surface area contributed by atoms with Gasteiger partial charge in [-0.05, 0) is 43.4 Å². The van der Waals surface area contributed by atoms with Crippen molar-refractivity contribution in [3.05, 3.63) is 57.5 Å². The monoisotopic (exact) mass is 371 g/mol. The molecule has 9 heteroatoms. The minimum Gasteiger partial charge on any atom is -0.469 e.